The number of nitrogens with zero attached hydrogens (tertiary/aromatic N) is 5. The molecule has 0 fully saturated rings. The number of benzene rings is 1. The highest BCUT2D eigenvalue weighted by Gasteiger charge is 2.14. The summed E-state index contributed by atoms with van der Waals surface area (Å²) in [6.07, 6.45) is 4.05. The lowest BCUT2D eigenvalue weighted by molar-refractivity contribution is -0.129. The van der Waals surface area contributed by atoms with E-state index in [0.29, 0.717) is 13.0 Å². The maximum absolute atomic E-state index is 12.6. The van der Waals surface area contributed by atoms with Crippen molar-refractivity contribution in [1.82, 2.24) is 23.0 Å². The molecule has 0 radical (unpaired) electrons. The van der Waals surface area contributed by atoms with Crippen LogP contribution in [0.5, 0.6) is 0 Å². The van der Waals surface area contributed by atoms with E-state index in [9.17, 15) is 4.79 Å². The fourth-order valence-corrected chi connectivity index (χ4v) is 3.43. The molecule has 3 heterocycles. The molecular formula is C18H17N5OS. The van der Waals surface area contributed by atoms with Crippen LogP contribution in [0.2, 0.25) is 0 Å². The van der Waals surface area contributed by atoms with Gasteiger partial charge in [-0.05, 0) is 36.2 Å². The van der Waals surface area contributed by atoms with E-state index in [2.05, 4.69) is 13.7 Å². The Bertz CT molecular complexity index is 1070. The van der Waals surface area contributed by atoms with Gasteiger partial charge in [-0.2, -0.15) is 8.75 Å². The highest BCUT2D eigenvalue weighted by atomic mass is 32.1. The molecule has 0 saturated heterocycles. The van der Waals surface area contributed by atoms with Crippen molar-refractivity contribution in [3.63, 3.8) is 0 Å². The molecule has 0 atom stereocenters. The summed E-state index contributed by atoms with van der Waals surface area (Å²) in [5, 5.41) is 0. The molecule has 0 bridgehead atoms. The number of rotatable bonds is 4. The van der Waals surface area contributed by atoms with E-state index in [0.717, 1.165) is 33.5 Å². The van der Waals surface area contributed by atoms with E-state index in [4.69, 9.17) is 0 Å². The summed E-state index contributed by atoms with van der Waals surface area (Å²) in [5.74, 6) is 0.0554. The molecule has 25 heavy (non-hydrogen) atoms. The normalized spacial score (nSPS) is 11.3. The van der Waals surface area contributed by atoms with Crippen LogP contribution < -0.4 is 0 Å². The first-order valence-corrected chi connectivity index (χ1v) is 8.71. The number of imidazole rings is 1. The number of aryl methyl sites for hydroxylation is 1. The van der Waals surface area contributed by atoms with Crippen molar-refractivity contribution >= 4 is 34.3 Å². The summed E-state index contributed by atoms with van der Waals surface area (Å²) >= 11 is 1.20. The van der Waals surface area contributed by atoms with Gasteiger partial charge in [0.1, 0.15) is 16.7 Å². The molecule has 6 nitrogen and oxygen atoms in total. The lowest BCUT2D eigenvalue weighted by Crippen LogP contribution is -2.28. The Kier molecular flexibility index (Phi) is 3.93. The summed E-state index contributed by atoms with van der Waals surface area (Å²) in [6, 6.07) is 9.91. The molecule has 0 aliphatic heterocycles. The number of carbonyl (C=O) groups excluding carboxylic acids is 1. The quantitative estimate of drug-likeness (QED) is 0.567. The maximum atomic E-state index is 12.6. The number of aromatic nitrogens is 4. The predicted molar refractivity (Wildman–Crippen MR) is 97.5 cm³/mol. The zero-order valence-corrected chi connectivity index (χ0v) is 14.8. The van der Waals surface area contributed by atoms with E-state index in [-0.39, 0.29) is 5.91 Å². The Hall–Kier alpha value is -2.80. The number of likely N-dealkylation sites (N-methyl/N-ethyl adjacent to an activating group) is 1. The molecule has 1 amide bonds. The summed E-state index contributed by atoms with van der Waals surface area (Å²) in [5.41, 5.74) is 5.71. The van der Waals surface area contributed by atoms with E-state index >= 15 is 0 Å². The summed E-state index contributed by atoms with van der Waals surface area (Å²) in [7, 11) is 1.82. The zero-order chi connectivity index (χ0) is 17.4. The van der Waals surface area contributed by atoms with Gasteiger partial charge in [0.05, 0.1) is 23.8 Å². The molecule has 0 unspecified atom stereocenters. The van der Waals surface area contributed by atoms with Crippen LogP contribution in [-0.2, 0) is 17.8 Å². The van der Waals surface area contributed by atoms with Crippen LogP contribution >= 0.6 is 11.7 Å². The summed E-state index contributed by atoms with van der Waals surface area (Å²) in [6.45, 7) is 2.56. The van der Waals surface area contributed by atoms with Crippen LogP contribution in [0.1, 0.15) is 16.8 Å². The highest BCUT2D eigenvalue weighted by molar-refractivity contribution is 7.00. The number of pyridine rings is 1. The van der Waals surface area contributed by atoms with Gasteiger partial charge in [0, 0.05) is 26.0 Å². The first kappa shape index (κ1) is 15.7. The van der Waals surface area contributed by atoms with Crippen molar-refractivity contribution in [3.8, 4) is 0 Å². The maximum Gasteiger partial charge on any atom is 0.228 e. The van der Waals surface area contributed by atoms with Crippen molar-refractivity contribution in [3.05, 3.63) is 59.5 Å². The molecule has 3 aromatic heterocycles. The van der Waals surface area contributed by atoms with Crippen molar-refractivity contribution in [2.75, 3.05) is 7.05 Å². The van der Waals surface area contributed by atoms with E-state index < -0.39 is 0 Å². The fraction of sp³-hybridized carbons (Fsp3) is 0.222. The van der Waals surface area contributed by atoms with Gasteiger partial charge in [-0.25, -0.2) is 4.98 Å². The van der Waals surface area contributed by atoms with Gasteiger partial charge in [-0.15, -0.1) is 0 Å². The Morgan fingerprint density at radius 2 is 2.08 bits per heavy atom. The standard InChI is InChI=1S/C18H17N5OS/c1-12-4-3-7-23-14(10-19-18(12)23)9-17(24)22(2)11-13-5-6-15-16(8-13)21-25-20-15/h3-8,10H,9,11H2,1-2H3. The summed E-state index contributed by atoms with van der Waals surface area (Å²) in [4.78, 5) is 18.8. The first-order valence-electron chi connectivity index (χ1n) is 7.98. The average molecular weight is 351 g/mol. The third kappa shape index (κ3) is 2.98. The van der Waals surface area contributed by atoms with Crippen molar-refractivity contribution in [1.29, 1.82) is 0 Å². The third-order valence-corrected chi connectivity index (χ3v) is 4.86. The van der Waals surface area contributed by atoms with Crippen LogP contribution in [-0.4, -0.2) is 36.0 Å². The fourth-order valence-electron chi connectivity index (χ4n) is 2.91. The molecule has 0 aliphatic carbocycles. The van der Waals surface area contributed by atoms with Gasteiger partial charge in [-0.1, -0.05) is 12.1 Å². The predicted octanol–water partition coefficient (Wildman–Crippen LogP) is 2.85. The number of hydrogen-bond donors (Lipinski definition) is 0. The van der Waals surface area contributed by atoms with Gasteiger partial charge >= 0.3 is 0 Å². The van der Waals surface area contributed by atoms with Gasteiger partial charge in [0.25, 0.3) is 0 Å². The second-order valence-electron chi connectivity index (χ2n) is 6.15. The van der Waals surface area contributed by atoms with Crippen molar-refractivity contribution in [2.24, 2.45) is 0 Å². The van der Waals surface area contributed by atoms with E-state index in [1.807, 2.05) is 54.9 Å². The molecule has 4 rings (SSSR count). The minimum atomic E-state index is 0.0554. The van der Waals surface area contributed by atoms with Crippen molar-refractivity contribution < 1.29 is 4.79 Å². The third-order valence-electron chi connectivity index (χ3n) is 4.30. The topological polar surface area (TPSA) is 63.4 Å². The van der Waals surface area contributed by atoms with Crippen molar-refractivity contribution in [2.45, 2.75) is 19.9 Å². The van der Waals surface area contributed by atoms with E-state index in [1.165, 1.54) is 11.7 Å². The average Bonchev–Trinajstić information content (AvgIpc) is 3.22. The molecule has 0 aliphatic rings. The molecule has 0 N–H and O–H groups in total. The SMILES string of the molecule is Cc1cccn2c(CC(=O)N(C)Cc3ccc4nsnc4c3)cnc12. The largest absolute Gasteiger partial charge is 0.341 e. The second kappa shape index (κ2) is 6.25. The molecule has 0 spiro atoms. The zero-order valence-electron chi connectivity index (χ0n) is 14.0. The van der Waals surface area contributed by atoms with Gasteiger partial charge in [0.15, 0.2) is 0 Å². The molecular weight excluding hydrogens is 334 g/mol. The molecule has 4 aromatic rings. The van der Waals surface area contributed by atoms with Gasteiger partial charge in [0.2, 0.25) is 5.91 Å². The lowest BCUT2D eigenvalue weighted by atomic mass is 10.2. The number of hydrogen-bond acceptors (Lipinski definition) is 5. The Morgan fingerprint density at radius 1 is 1.24 bits per heavy atom. The Morgan fingerprint density at radius 3 is 2.96 bits per heavy atom. The van der Waals surface area contributed by atoms with Crippen LogP contribution in [0.15, 0.2) is 42.7 Å². The lowest BCUT2D eigenvalue weighted by Gasteiger charge is -2.17. The van der Waals surface area contributed by atoms with E-state index in [1.54, 1.807) is 11.1 Å². The van der Waals surface area contributed by atoms with Gasteiger partial charge in [-0.3, -0.25) is 4.79 Å². The van der Waals surface area contributed by atoms with Crippen LogP contribution in [0.25, 0.3) is 16.7 Å². The number of fused-ring (bicyclic) bond motifs is 2. The molecule has 7 heteroatoms. The molecule has 126 valence electrons. The Labute approximate surface area is 149 Å². The smallest absolute Gasteiger partial charge is 0.228 e. The van der Waals surface area contributed by atoms with Gasteiger partial charge < -0.3 is 9.30 Å². The molecule has 1 aromatic carbocycles. The van der Waals surface area contributed by atoms with Crippen LogP contribution in [0.3, 0.4) is 0 Å². The van der Waals surface area contributed by atoms with Crippen LogP contribution in [0.4, 0.5) is 0 Å². The Balaban J connectivity index is 1.50. The highest BCUT2D eigenvalue weighted by Crippen LogP contribution is 2.16. The second-order valence-corrected chi connectivity index (χ2v) is 6.68. The first-order chi connectivity index (χ1) is 12.1. The minimum absolute atomic E-state index is 0.0554. The monoisotopic (exact) mass is 351 g/mol. The summed E-state index contributed by atoms with van der Waals surface area (Å²) < 4.78 is 10.4. The van der Waals surface area contributed by atoms with Crippen LogP contribution in [0, 0.1) is 6.92 Å². The minimum Gasteiger partial charge on any atom is -0.341 e. The molecule has 0 saturated carbocycles. The number of carbonyl (C=O) groups is 1. The number of amides is 1.